The Hall–Kier alpha value is -2.78. The summed E-state index contributed by atoms with van der Waals surface area (Å²) in [6, 6.07) is 1.98. The molecule has 3 aliphatic rings. The summed E-state index contributed by atoms with van der Waals surface area (Å²) >= 11 is 0. The summed E-state index contributed by atoms with van der Waals surface area (Å²) in [6.07, 6.45) is 11.6. The molecule has 3 aromatic rings. The molecule has 0 unspecified atom stereocenters. The maximum atomic E-state index is 6.12. The Labute approximate surface area is 167 Å². The lowest BCUT2D eigenvalue weighted by Crippen LogP contribution is -2.36. The highest BCUT2D eigenvalue weighted by Gasteiger charge is 2.47. The fourth-order valence-corrected chi connectivity index (χ4v) is 3.50. The Morgan fingerprint density at radius 3 is 2.79 bits per heavy atom. The number of rotatable bonds is 6. The summed E-state index contributed by atoms with van der Waals surface area (Å²) in [5.41, 5.74) is 3.47. The van der Waals surface area contributed by atoms with Crippen molar-refractivity contribution < 1.29 is 14.2 Å². The van der Waals surface area contributed by atoms with Crippen LogP contribution in [0.4, 0.5) is 0 Å². The molecular weight excluding hydrogens is 372 g/mol. The van der Waals surface area contributed by atoms with Gasteiger partial charge in [0, 0.05) is 17.2 Å². The van der Waals surface area contributed by atoms with E-state index in [0.29, 0.717) is 29.1 Å². The van der Waals surface area contributed by atoms with Crippen LogP contribution < -0.4 is 4.74 Å². The van der Waals surface area contributed by atoms with Crippen LogP contribution in [0.3, 0.4) is 0 Å². The fraction of sp³-hybridized carbons (Fsp3) is 0.500. The molecular formula is C20H22N6O3. The van der Waals surface area contributed by atoms with Crippen LogP contribution in [0.25, 0.3) is 22.6 Å². The van der Waals surface area contributed by atoms with Gasteiger partial charge in [-0.15, -0.1) is 5.10 Å². The van der Waals surface area contributed by atoms with Crippen LogP contribution in [-0.2, 0) is 16.0 Å². The molecule has 0 bridgehead atoms. The van der Waals surface area contributed by atoms with Gasteiger partial charge >= 0.3 is 0 Å². The minimum atomic E-state index is -0.284. The van der Waals surface area contributed by atoms with Crippen molar-refractivity contribution in [2.24, 2.45) is 5.41 Å². The lowest BCUT2D eigenvalue weighted by molar-refractivity contribution is -0.213. The zero-order valence-electron chi connectivity index (χ0n) is 16.0. The quantitative estimate of drug-likeness (QED) is 0.685. The second kappa shape index (κ2) is 6.64. The van der Waals surface area contributed by atoms with E-state index in [1.54, 1.807) is 23.4 Å². The minimum absolute atomic E-state index is 0.251. The molecule has 6 rings (SSSR count). The first-order chi connectivity index (χ1) is 14.3. The van der Waals surface area contributed by atoms with E-state index in [-0.39, 0.29) is 12.4 Å². The van der Waals surface area contributed by atoms with E-state index in [2.05, 4.69) is 25.3 Å². The van der Waals surface area contributed by atoms with E-state index in [0.717, 1.165) is 37.3 Å². The molecule has 3 fully saturated rings. The SMILES string of the molecule is c1ncc(-c2cnc(-c3cn(CC4OCC5(CC5)CO4)nn3)c(OC3CC3)c2)[nH]1. The largest absolute Gasteiger partial charge is 0.488 e. The van der Waals surface area contributed by atoms with Gasteiger partial charge in [0.25, 0.3) is 0 Å². The molecule has 1 aliphatic heterocycles. The molecule has 0 amide bonds. The van der Waals surface area contributed by atoms with E-state index in [4.69, 9.17) is 14.2 Å². The van der Waals surface area contributed by atoms with Gasteiger partial charge in [0.2, 0.25) is 0 Å². The van der Waals surface area contributed by atoms with Crippen molar-refractivity contribution in [3.8, 4) is 28.4 Å². The number of nitrogens with zero attached hydrogens (tertiary/aromatic N) is 5. The van der Waals surface area contributed by atoms with Crippen LogP contribution in [0, 0.1) is 5.41 Å². The smallest absolute Gasteiger partial charge is 0.177 e. The van der Waals surface area contributed by atoms with Crippen molar-refractivity contribution in [2.45, 2.75) is 44.6 Å². The first kappa shape index (κ1) is 17.1. The van der Waals surface area contributed by atoms with Gasteiger partial charge in [0.15, 0.2) is 6.29 Å². The van der Waals surface area contributed by atoms with Crippen molar-refractivity contribution >= 4 is 0 Å². The maximum absolute atomic E-state index is 6.12. The fourth-order valence-electron chi connectivity index (χ4n) is 3.50. The van der Waals surface area contributed by atoms with E-state index in [1.807, 2.05) is 12.3 Å². The maximum Gasteiger partial charge on any atom is 0.177 e. The monoisotopic (exact) mass is 394 g/mol. The zero-order chi connectivity index (χ0) is 19.3. The van der Waals surface area contributed by atoms with Gasteiger partial charge in [0.1, 0.15) is 17.1 Å². The van der Waals surface area contributed by atoms with Gasteiger partial charge in [0.05, 0.1) is 50.3 Å². The summed E-state index contributed by atoms with van der Waals surface area (Å²) in [7, 11) is 0. The summed E-state index contributed by atoms with van der Waals surface area (Å²) in [5.74, 6) is 0.715. The molecule has 1 N–H and O–H groups in total. The second-order valence-electron chi connectivity index (χ2n) is 8.23. The van der Waals surface area contributed by atoms with Gasteiger partial charge in [-0.3, -0.25) is 0 Å². The predicted molar refractivity (Wildman–Crippen MR) is 102 cm³/mol. The Balaban J connectivity index is 1.22. The highest BCUT2D eigenvalue weighted by atomic mass is 16.7. The Bertz CT molecular complexity index is 999. The van der Waals surface area contributed by atoms with Crippen LogP contribution in [-0.4, -0.2) is 55.6 Å². The third-order valence-electron chi connectivity index (χ3n) is 5.71. The Morgan fingerprint density at radius 1 is 1.21 bits per heavy atom. The van der Waals surface area contributed by atoms with Crippen LogP contribution in [0.15, 0.2) is 31.0 Å². The van der Waals surface area contributed by atoms with E-state index >= 15 is 0 Å². The van der Waals surface area contributed by atoms with E-state index in [9.17, 15) is 0 Å². The minimum Gasteiger partial charge on any atom is -0.488 e. The third-order valence-corrected chi connectivity index (χ3v) is 5.71. The first-order valence-corrected chi connectivity index (χ1v) is 10.1. The van der Waals surface area contributed by atoms with Crippen molar-refractivity contribution in [2.75, 3.05) is 13.2 Å². The molecule has 4 heterocycles. The predicted octanol–water partition coefficient (Wildman–Crippen LogP) is 2.42. The van der Waals surface area contributed by atoms with Gasteiger partial charge in [-0.1, -0.05) is 5.21 Å². The Morgan fingerprint density at radius 2 is 2.07 bits per heavy atom. The molecule has 2 aliphatic carbocycles. The zero-order valence-corrected chi connectivity index (χ0v) is 16.0. The third kappa shape index (κ3) is 3.51. The molecule has 29 heavy (non-hydrogen) atoms. The summed E-state index contributed by atoms with van der Waals surface area (Å²) < 4.78 is 19.6. The normalized spacial score (nSPS) is 20.8. The molecule has 1 spiro atoms. The summed E-state index contributed by atoms with van der Waals surface area (Å²) in [4.78, 5) is 11.8. The highest BCUT2D eigenvalue weighted by molar-refractivity contribution is 5.68. The van der Waals surface area contributed by atoms with Gasteiger partial charge in [-0.25, -0.2) is 14.6 Å². The van der Waals surface area contributed by atoms with Crippen molar-refractivity contribution in [3.05, 3.63) is 31.0 Å². The molecule has 0 atom stereocenters. The van der Waals surface area contributed by atoms with E-state index in [1.165, 1.54) is 12.8 Å². The second-order valence-corrected chi connectivity index (χ2v) is 8.23. The molecule has 9 nitrogen and oxygen atoms in total. The van der Waals surface area contributed by atoms with Gasteiger partial charge in [-0.2, -0.15) is 0 Å². The molecule has 0 aromatic carbocycles. The molecule has 1 saturated heterocycles. The van der Waals surface area contributed by atoms with Crippen LogP contribution >= 0.6 is 0 Å². The summed E-state index contributed by atoms with van der Waals surface area (Å²) in [6.45, 7) is 2.05. The average Bonchev–Trinajstić information content (AvgIpc) is 3.58. The number of hydrogen-bond acceptors (Lipinski definition) is 7. The molecule has 3 aromatic heterocycles. The highest BCUT2D eigenvalue weighted by Crippen LogP contribution is 2.48. The van der Waals surface area contributed by atoms with Crippen LogP contribution in [0.2, 0.25) is 0 Å². The van der Waals surface area contributed by atoms with Crippen molar-refractivity contribution in [1.82, 2.24) is 29.9 Å². The number of pyridine rings is 1. The number of hydrogen-bond donors (Lipinski definition) is 1. The molecule has 2 saturated carbocycles. The molecule has 0 radical (unpaired) electrons. The lowest BCUT2D eigenvalue weighted by atomic mass is 10.1. The average molecular weight is 394 g/mol. The van der Waals surface area contributed by atoms with Crippen LogP contribution in [0.5, 0.6) is 5.75 Å². The number of imidazole rings is 1. The molecule has 9 heteroatoms. The lowest BCUT2D eigenvalue weighted by Gasteiger charge is -2.29. The first-order valence-electron chi connectivity index (χ1n) is 10.1. The van der Waals surface area contributed by atoms with Crippen molar-refractivity contribution in [1.29, 1.82) is 0 Å². The van der Waals surface area contributed by atoms with Crippen LogP contribution in [0.1, 0.15) is 25.7 Å². The number of ether oxygens (including phenoxy) is 3. The number of nitrogens with one attached hydrogen (secondary N) is 1. The number of H-pyrrole nitrogens is 1. The molecule has 150 valence electrons. The summed E-state index contributed by atoms with van der Waals surface area (Å²) in [5, 5.41) is 8.55. The topological polar surface area (TPSA) is 100.0 Å². The van der Waals surface area contributed by atoms with Crippen molar-refractivity contribution in [3.63, 3.8) is 0 Å². The number of aromatic amines is 1. The van der Waals surface area contributed by atoms with E-state index < -0.39 is 0 Å². The van der Waals surface area contributed by atoms with Gasteiger partial charge in [-0.05, 0) is 31.7 Å². The number of aromatic nitrogens is 6. The standard InChI is InChI=1S/C20H22N6O3/c1-2-14(1)29-17-5-13(15-7-21-12-23-15)6-22-19(17)16-8-26(25-24-16)9-18-27-10-20(3-4-20)11-28-18/h5-8,12,14,18H,1-4,9-11H2,(H,21,23). The Kier molecular flexibility index (Phi) is 3.91. The van der Waals surface area contributed by atoms with Gasteiger partial charge < -0.3 is 19.2 Å².